The van der Waals surface area contributed by atoms with Gasteiger partial charge in [0, 0.05) is 22.4 Å². The lowest BCUT2D eigenvalue weighted by molar-refractivity contribution is 0.660. The Morgan fingerprint density at radius 3 is 1.80 bits per heavy atom. The molecule has 0 saturated heterocycles. The molecule has 8 aromatic carbocycles. The predicted octanol–water partition coefficient (Wildman–Crippen LogP) is 13.6. The molecule has 0 aromatic heterocycles. The molecule has 0 radical (unpaired) electrons. The van der Waals surface area contributed by atoms with Crippen molar-refractivity contribution in [1.82, 2.24) is 0 Å². The van der Waals surface area contributed by atoms with Crippen molar-refractivity contribution in [3.63, 3.8) is 0 Å². The molecule has 0 N–H and O–H groups in total. The molecule has 1 nitrogen and oxygen atoms in total. The average molecular weight is 640 g/mol. The number of rotatable bonds is 6. The molecule has 0 bridgehead atoms. The molecule has 0 saturated carbocycles. The maximum absolute atomic E-state index is 2.44. The predicted molar refractivity (Wildman–Crippen MR) is 213 cm³/mol. The quantitative estimate of drug-likeness (QED) is 0.175. The van der Waals surface area contributed by atoms with E-state index in [1.54, 1.807) is 0 Å². The largest absolute Gasteiger partial charge is 0.310 e. The van der Waals surface area contributed by atoms with E-state index < -0.39 is 0 Å². The molecule has 1 heteroatoms. The van der Waals surface area contributed by atoms with E-state index in [1.165, 1.54) is 66.4 Å². The molecule has 0 heterocycles. The number of fused-ring (bicyclic) bond motifs is 4. The van der Waals surface area contributed by atoms with E-state index >= 15 is 0 Å². The number of anilines is 3. The van der Waals surface area contributed by atoms with Gasteiger partial charge in [-0.1, -0.05) is 166 Å². The maximum atomic E-state index is 2.44. The lowest BCUT2D eigenvalue weighted by atomic mass is 9.81. The monoisotopic (exact) mass is 639 g/mol. The Hall–Kier alpha value is -6.18. The van der Waals surface area contributed by atoms with Crippen LogP contribution in [0.4, 0.5) is 17.1 Å². The molecule has 9 rings (SSSR count). The molecule has 50 heavy (non-hydrogen) atoms. The maximum Gasteiger partial charge on any atom is 0.0546 e. The van der Waals surface area contributed by atoms with Gasteiger partial charge in [-0.2, -0.15) is 0 Å². The first-order valence-electron chi connectivity index (χ1n) is 17.4. The zero-order valence-corrected chi connectivity index (χ0v) is 28.3. The van der Waals surface area contributed by atoms with Crippen LogP contribution < -0.4 is 4.90 Å². The second kappa shape index (κ2) is 12.1. The van der Waals surface area contributed by atoms with Gasteiger partial charge in [0.25, 0.3) is 0 Å². The summed E-state index contributed by atoms with van der Waals surface area (Å²) in [6.07, 6.45) is 0. The summed E-state index contributed by atoms with van der Waals surface area (Å²) in [7, 11) is 0. The molecule has 1 aliphatic rings. The fourth-order valence-electron chi connectivity index (χ4n) is 8.01. The van der Waals surface area contributed by atoms with Crippen molar-refractivity contribution >= 4 is 27.8 Å². The first kappa shape index (κ1) is 29.9. The van der Waals surface area contributed by atoms with Gasteiger partial charge in [-0.15, -0.1) is 0 Å². The van der Waals surface area contributed by atoms with Gasteiger partial charge >= 0.3 is 0 Å². The number of para-hydroxylation sites is 1. The van der Waals surface area contributed by atoms with Crippen LogP contribution in [0.15, 0.2) is 188 Å². The molecule has 1 aliphatic carbocycles. The highest BCUT2D eigenvalue weighted by molar-refractivity contribution is 6.05. The second-order valence-electron chi connectivity index (χ2n) is 13.7. The first-order chi connectivity index (χ1) is 24.6. The smallest absolute Gasteiger partial charge is 0.0546 e. The molecular weight excluding hydrogens is 603 g/mol. The van der Waals surface area contributed by atoms with Gasteiger partial charge in [0.2, 0.25) is 0 Å². The van der Waals surface area contributed by atoms with Gasteiger partial charge in [0.15, 0.2) is 0 Å². The normalized spacial score (nSPS) is 12.8. The summed E-state index contributed by atoms with van der Waals surface area (Å²) in [6, 6.07) is 68.5. The van der Waals surface area contributed by atoms with Crippen molar-refractivity contribution in [2.75, 3.05) is 4.90 Å². The molecule has 0 aliphatic heterocycles. The highest BCUT2D eigenvalue weighted by atomic mass is 15.1. The lowest BCUT2D eigenvalue weighted by Crippen LogP contribution is -2.17. The molecular formula is C49H37N. The average Bonchev–Trinajstić information content (AvgIpc) is 3.41. The standard InChI is InChI=1S/C49H37N/c1-49(2)44-27-15-26-42(38-22-14-21-37(32-38)34-16-6-3-7-17-34)48(44)43-30-29-40(33-45(43)49)50(39-23-10-5-11-24-39)46-31-28-35-18-12-13-25-41(35)47(46)36-19-8-4-9-20-36/h3-33H,1-2H3. The third kappa shape index (κ3) is 4.94. The summed E-state index contributed by atoms with van der Waals surface area (Å²) in [5, 5.41) is 2.48. The van der Waals surface area contributed by atoms with Gasteiger partial charge in [-0.25, -0.2) is 0 Å². The van der Waals surface area contributed by atoms with E-state index in [1.807, 2.05) is 0 Å². The highest BCUT2D eigenvalue weighted by Crippen LogP contribution is 2.54. The van der Waals surface area contributed by atoms with Crippen LogP contribution in [0, 0.1) is 0 Å². The summed E-state index contributed by atoms with van der Waals surface area (Å²) in [5.41, 5.74) is 16.0. The van der Waals surface area contributed by atoms with Gasteiger partial charge < -0.3 is 4.90 Å². The van der Waals surface area contributed by atoms with Crippen LogP contribution in [-0.2, 0) is 5.41 Å². The van der Waals surface area contributed by atoms with Crippen molar-refractivity contribution in [3.8, 4) is 44.5 Å². The molecule has 0 atom stereocenters. The number of benzene rings is 8. The summed E-state index contributed by atoms with van der Waals surface area (Å²) >= 11 is 0. The third-order valence-corrected chi connectivity index (χ3v) is 10.4. The third-order valence-electron chi connectivity index (χ3n) is 10.4. The highest BCUT2D eigenvalue weighted by Gasteiger charge is 2.37. The van der Waals surface area contributed by atoms with Crippen molar-refractivity contribution in [2.45, 2.75) is 19.3 Å². The van der Waals surface area contributed by atoms with Crippen LogP contribution in [0.1, 0.15) is 25.0 Å². The van der Waals surface area contributed by atoms with Crippen LogP contribution in [0.3, 0.4) is 0 Å². The summed E-state index contributed by atoms with van der Waals surface area (Å²) in [5.74, 6) is 0. The first-order valence-corrected chi connectivity index (χ1v) is 17.4. The fourth-order valence-corrected chi connectivity index (χ4v) is 8.01. The van der Waals surface area contributed by atoms with Gasteiger partial charge in [0.05, 0.1) is 5.69 Å². The molecule has 8 aromatic rings. The Morgan fingerprint density at radius 2 is 1.02 bits per heavy atom. The fraction of sp³-hybridized carbons (Fsp3) is 0.0612. The van der Waals surface area contributed by atoms with Gasteiger partial charge in [-0.3, -0.25) is 0 Å². The van der Waals surface area contributed by atoms with Crippen LogP contribution in [0.5, 0.6) is 0 Å². The van der Waals surface area contributed by atoms with E-state index in [4.69, 9.17) is 0 Å². The summed E-state index contributed by atoms with van der Waals surface area (Å²) < 4.78 is 0. The number of nitrogens with zero attached hydrogens (tertiary/aromatic N) is 1. The zero-order chi connectivity index (χ0) is 33.7. The Bertz CT molecular complexity index is 2490. The zero-order valence-electron chi connectivity index (χ0n) is 28.3. The molecule has 0 amide bonds. The van der Waals surface area contributed by atoms with E-state index in [0.29, 0.717) is 0 Å². The molecule has 238 valence electrons. The SMILES string of the molecule is CC1(C)c2cc(N(c3ccccc3)c3ccc4ccccc4c3-c3ccccc3)ccc2-c2c(-c3cccc(-c4ccccc4)c3)cccc21. The minimum absolute atomic E-state index is 0.179. The molecule has 0 spiro atoms. The Balaban J connectivity index is 1.24. The Morgan fingerprint density at radius 1 is 0.380 bits per heavy atom. The van der Waals surface area contributed by atoms with Crippen molar-refractivity contribution in [1.29, 1.82) is 0 Å². The minimum Gasteiger partial charge on any atom is -0.310 e. The van der Waals surface area contributed by atoms with Crippen LogP contribution in [0.25, 0.3) is 55.3 Å². The Labute approximate surface area is 294 Å². The van der Waals surface area contributed by atoms with Crippen LogP contribution >= 0.6 is 0 Å². The van der Waals surface area contributed by atoms with Crippen LogP contribution in [0.2, 0.25) is 0 Å². The second-order valence-corrected chi connectivity index (χ2v) is 13.7. The van der Waals surface area contributed by atoms with Crippen molar-refractivity contribution in [2.24, 2.45) is 0 Å². The van der Waals surface area contributed by atoms with E-state index in [-0.39, 0.29) is 5.41 Å². The van der Waals surface area contributed by atoms with Crippen LogP contribution in [-0.4, -0.2) is 0 Å². The van der Waals surface area contributed by atoms with E-state index in [9.17, 15) is 0 Å². The van der Waals surface area contributed by atoms with Gasteiger partial charge in [0.1, 0.15) is 0 Å². The number of hydrogen-bond acceptors (Lipinski definition) is 1. The topological polar surface area (TPSA) is 3.24 Å². The summed E-state index contributed by atoms with van der Waals surface area (Å²) in [4.78, 5) is 2.44. The van der Waals surface area contributed by atoms with Crippen molar-refractivity contribution < 1.29 is 0 Å². The van der Waals surface area contributed by atoms with E-state index in [2.05, 4.69) is 207 Å². The van der Waals surface area contributed by atoms with Gasteiger partial charge in [-0.05, 0) is 97.2 Å². The number of hydrogen-bond donors (Lipinski definition) is 0. The lowest BCUT2D eigenvalue weighted by Gasteiger charge is -2.30. The van der Waals surface area contributed by atoms with E-state index in [0.717, 1.165) is 17.1 Å². The Kier molecular flexibility index (Phi) is 7.21. The minimum atomic E-state index is -0.179. The summed E-state index contributed by atoms with van der Waals surface area (Å²) in [6.45, 7) is 4.76. The molecule has 0 fully saturated rings. The van der Waals surface area contributed by atoms with Crippen molar-refractivity contribution in [3.05, 3.63) is 199 Å². The molecule has 0 unspecified atom stereocenters.